The van der Waals surface area contributed by atoms with Gasteiger partial charge in [0.25, 0.3) is 10.0 Å². The van der Waals surface area contributed by atoms with Crippen molar-refractivity contribution in [2.24, 2.45) is 5.73 Å². The molecule has 1 heterocycles. The number of methoxy groups -OCH3 is 1. The molecule has 0 radical (unpaired) electrons. The van der Waals surface area contributed by atoms with Gasteiger partial charge in [0.2, 0.25) is 5.91 Å². The molecule has 0 spiro atoms. The maximum absolute atomic E-state index is 12.9. The fourth-order valence-electron chi connectivity index (χ4n) is 2.71. The van der Waals surface area contributed by atoms with Crippen molar-refractivity contribution in [3.8, 4) is 17.1 Å². The molecule has 1 amide bonds. The molecule has 0 aliphatic heterocycles. The summed E-state index contributed by atoms with van der Waals surface area (Å²) in [7, 11) is -2.48. The van der Waals surface area contributed by atoms with Gasteiger partial charge in [-0.15, -0.1) is 0 Å². The molecule has 9 heteroatoms. The summed E-state index contributed by atoms with van der Waals surface area (Å²) >= 11 is 0. The van der Waals surface area contributed by atoms with Crippen molar-refractivity contribution >= 4 is 27.3 Å². The smallest absolute Gasteiger partial charge is 0.262 e. The van der Waals surface area contributed by atoms with Crippen molar-refractivity contribution in [3.05, 3.63) is 60.4 Å². The molecule has 0 saturated heterocycles. The first-order valence-corrected chi connectivity index (χ1v) is 10.6. The van der Waals surface area contributed by atoms with Crippen LogP contribution in [0.25, 0.3) is 11.3 Å². The van der Waals surface area contributed by atoms with Gasteiger partial charge in [0.15, 0.2) is 0 Å². The average Bonchev–Trinajstić information content (AvgIpc) is 3.14. The van der Waals surface area contributed by atoms with E-state index in [4.69, 9.17) is 14.9 Å². The Balaban J connectivity index is 1.86. The van der Waals surface area contributed by atoms with Crippen molar-refractivity contribution in [1.82, 2.24) is 0 Å². The molecule has 0 bridgehead atoms. The number of aryl methyl sites for hydroxylation is 1. The van der Waals surface area contributed by atoms with E-state index in [0.717, 1.165) is 11.3 Å². The zero-order valence-corrected chi connectivity index (χ0v) is 17.6. The lowest BCUT2D eigenvalue weighted by atomic mass is 10.2. The number of sulfonamides is 1. The minimum Gasteiger partial charge on any atom is -0.495 e. The molecular formula is C21H23N3O5S. The van der Waals surface area contributed by atoms with Crippen LogP contribution in [0, 0.1) is 6.92 Å². The Morgan fingerprint density at radius 1 is 1.10 bits per heavy atom. The molecule has 158 valence electrons. The van der Waals surface area contributed by atoms with Crippen molar-refractivity contribution in [3.63, 3.8) is 0 Å². The molecule has 0 saturated carbocycles. The molecule has 4 N–H and O–H groups in total. The topological polar surface area (TPSA) is 124 Å². The van der Waals surface area contributed by atoms with E-state index >= 15 is 0 Å². The van der Waals surface area contributed by atoms with Gasteiger partial charge >= 0.3 is 0 Å². The minimum atomic E-state index is -3.90. The van der Waals surface area contributed by atoms with Crippen molar-refractivity contribution < 1.29 is 22.4 Å². The zero-order valence-electron chi connectivity index (χ0n) is 16.8. The Hall–Kier alpha value is -3.30. The van der Waals surface area contributed by atoms with Crippen LogP contribution in [0.15, 0.2) is 63.9 Å². The number of amides is 1. The van der Waals surface area contributed by atoms with E-state index in [9.17, 15) is 13.2 Å². The predicted molar refractivity (Wildman–Crippen MR) is 115 cm³/mol. The van der Waals surface area contributed by atoms with E-state index < -0.39 is 22.0 Å². The molecular weight excluding hydrogens is 406 g/mol. The Kier molecular flexibility index (Phi) is 6.14. The molecule has 30 heavy (non-hydrogen) atoms. The van der Waals surface area contributed by atoms with E-state index in [-0.39, 0.29) is 10.6 Å². The number of ether oxygens (including phenoxy) is 1. The van der Waals surface area contributed by atoms with E-state index in [0.29, 0.717) is 17.2 Å². The summed E-state index contributed by atoms with van der Waals surface area (Å²) in [6.45, 7) is 3.39. The van der Waals surface area contributed by atoms with Gasteiger partial charge < -0.3 is 20.2 Å². The Morgan fingerprint density at radius 3 is 2.37 bits per heavy atom. The van der Waals surface area contributed by atoms with Gasteiger partial charge in [-0.1, -0.05) is 0 Å². The number of anilines is 2. The second kappa shape index (κ2) is 8.60. The Morgan fingerprint density at radius 2 is 1.80 bits per heavy atom. The molecule has 0 unspecified atom stereocenters. The number of nitrogens with one attached hydrogen (secondary N) is 2. The highest BCUT2D eigenvalue weighted by molar-refractivity contribution is 7.92. The fraction of sp³-hybridized carbons (Fsp3) is 0.190. The fourth-order valence-corrected chi connectivity index (χ4v) is 3.77. The second-order valence-corrected chi connectivity index (χ2v) is 8.42. The molecule has 1 atom stereocenters. The van der Waals surface area contributed by atoms with Gasteiger partial charge in [-0.2, -0.15) is 0 Å². The first-order chi connectivity index (χ1) is 14.2. The number of benzene rings is 2. The zero-order chi connectivity index (χ0) is 21.9. The normalized spacial score (nSPS) is 12.3. The molecule has 8 nitrogen and oxygen atoms in total. The highest BCUT2D eigenvalue weighted by atomic mass is 32.2. The number of hydrogen-bond acceptors (Lipinski definition) is 6. The van der Waals surface area contributed by atoms with E-state index in [1.165, 1.54) is 25.3 Å². The Bertz CT molecular complexity index is 1150. The van der Waals surface area contributed by atoms with Gasteiger partial charge in [-0.3, -0.25) is 9.52 Å². The summed E-state index contributed by atoms with van der Waals surface area (Å²) in [6.07, 6.45) is 0. The van der Waals surface area contributed by atoms with Crippen LogP contribution >= 0.6 is 0 Å². The van der Waals surface area contributed by atoms with Crippen molar-refractivity contribution in [2.75, 3.05) is 17.1 Å². The molecule has 1 aromatic heterocycles. The number of hydrogen-bond donors (Lipinski definition) is 3. The Labute approximate surface area is 175 Å². The summed E-state index contributed by atoms with van der Waals surface area (Å²) < 4.78 is 39.0. The van der Waals surface area contributed by atoms with E-state index in [2.05, 4.69) is 10.0 Å². The van der Waals surface area contributed by atoms with Crippen LogP contribution in [0.4, 0.5) is 11.4 Å². The highest BCUT2D eigenvalue weighted by Gasteiger charge is 2.18. The first kappa shape index (κ1) is 21.4. The lowest BCUT2D eigenvalue weighted by Gasteiger charge is -2.15. The van der Waals surface area contributed by atoms with Crippen LogP contribution in [0.1, 0.15) is 12.7 Å². The van der Waals surface area contributed by atoms with Crippen LogP contribution in [0.2, 0.25) is 0 Å². The number of furan rings is 1. The van der Waals surface area contributed by atoms with Gasteiger partial charge in [0.05, 0.1) is 23.7 Å². The molecule has 3 rings (SSSR count). The van der Waals surface area contributed by atoms with E-state index in [1.807, 2.05) is 19.1 Å². The SMILES string of the molecule is COc1ccc(NC(=O)[C@@H](C)N)cc1NS(=O)(=O)c1ccc(-c2ccc(C)o2)cc1. The summed E-state index contributed by atoms with van der Waals surface area (Å²) in [5, 5.41) is 2.62. The third-order valence-electron chi connectivity index (χ3n) is 4.31. The maximum atomic E-state index is 12.9. The van der Waals surface area contributed by atoms with Gasteiger partial charge in [-0.05, 0) is 68.4 Å². The van der Waals surface area contributed by atoms with E-state index in [1.54, 1.807) is 31.2 Å². The molecule has 2 aromatic carbocycles. The molecule has 0 fully saturated rings. The van der Waals surface area contributed by atoms with Gasteiger partial charge in [0, 0.05) is 11.3 Å². The van der Waals surface area contributed by atoms with Crippen molar-refractivity contribution in [1.29, 1.82) is 0 Å². The van der Waals surface area contributed by atoms with Gasteiger partial charge in [-0.25, -0.2) is 8.42 Å². The molecule has 0 aliphatic carbocycles. The highest BCUT2D eigenvalue weighted by Crippen LogP contribution is 2.31. The number of rotatable bonds is 7. The predicted octanol–water partition coefficient (Wildman–Crippen LogP) is 3.35. The standard InChI is InChI=1S/C21H23N3O5S/c1-13-4-10-19(29-13)15-5-8-17(9-6-15)30(26,27)24-18-12-16(7-11-20(18)28-3)23-21(25)14(2)22/h4-12,14,24H,22H2,1-3H3,(H,23,25)/t14-/m1/s1. The average molecular weight is 429 g/mol. The van der Waals surface area contributed by atoms with Gasteiger partial charge in [0.1, 0.15) is 17.3 Å². The number of nitrogens with two attached hydrogens (primary N) is 1. The third-order valence-corrected chi connectivity index (χ3v) is 5.70. The summed E-state index contributed by atoms with van der Waals surface area (Å²) in [6, 6.07) is 13.9. The largest absolute Gasteiger partial charge is 0.495 e. The third kappa shape index (κ3) is 4.81. The lowest BCUT2D eigenvalue weighted by Crippen LogP contribution is -2.32. The summed E-state index contributed by atoms with van der Waals surface area (Å²) in [5.41, 5.74) is 6.89. The molecule has 0 aliphatic rings. The van der Waals surface area contributed by atoms with Crippen LogP contribution in [0.5, 0.6) is 5.75 Å². The van der Waals surface area contributed by atoms with Crippen LogP contribution in [-0.2, 0) is 14.8 Å². The maximum Gasteiger partial charge on any atom is 0.262 e. The summed E-state index contributed by atoms with van der Waals surface area (Å²) in [4.78, 5) is 11.9. The summed E-state index contributed by atoms with van der Waals surface area (Å²) in [5.74, 6) is 1.34. The van der Waals surface area contributed by atoms with Crippen LogP contribution < -0.4 is 20.5 Å². The lowest BCUT2D eigenvalue weighted by molar-refractivity contribution is -0.117. The second-order valence-electron chi connectivity index (χ2n) is 6.73. The quantitative estimate of drug-likeness (QED) is 0.529. The molecule has 3 aromatic rings. The minimum absolute atomic E-state index is 0.0709. The first-order valence-electron chi connectivity index (χ1n) is 9.14. The number of carbonyl (C=O) groups is 1. The van der Waals surface area contributed by atoms with Crippen LogP contribution in [-0.4, -0.2) is 27.5 Å². The van der Waals surface area contributed by atoms with Crippen molar-refractivity contribution in [2.45, 2.75) is 24.8 Å². The van der Waals surface area contributed by atoms with Crippen LogP contribution in [0.3, 0.4) is 0 Å². The number of carbonyl (C=O) groups excluding carboxylic acids is 1. The monoisotopic (exact) mass is 429 g/mol.